The van der Waals surface area contributed by atoms with Gasteiger partial charge in [0.25, 0.3) is 5.91 Å². The number of hydrogen-bond donors (Lipinski definition) is 1. The maximum Gasteiger partial charge on any atom is 0.433 e. The van der Waals surface area contributed by atoms with Gasteiger partial charge in [0.05, 0.1) is 23.6 Å². The van der Waals surface area contributed by atoms with Crippen molar-refractivity contribution >= 4 is 52.0 Å². The van der Waals surface area contributed by atoms with E-state index in [-0.39, 0.29) is 16.4 Å². The number of carbonyl (C=O) groups excluding carboxylic acids is 1. The summed E-state index contributed by atoms with van der Waals surface area (Å²) in [5, 5.41) is 11.6. The maximum absolute atomic E-state index is 13.5. The number of benzene rings is 1. The summed E-state index contributed by atoms with van der Waals surface area (Å²) in [6.07, 6.45) is -4.72. The summed E-state index contributed by atoms with van der Waals surface area (Å²) < 4.78 is 42.6. The van der Waals surface area contributed by atoms with Gasteiger partial charge in [-0.1, -0.05) is 40.9 Å². The standard InChI is InChI=1S/C21H16Cl3F3N6O/c1-9-6-15(21(25,26)27)33-19(28-9)16(24)18(31-33)20(34)29-17-10(2)30-32(11(17)3)8-12-4-5-13(22)7-14(12)23/h4-7H,8H2,1-3H3,(H,29,34). The number of aryl methyl sites for hydroxylation is 2. The smallest absolute Gasteiger partial charge is 0.317 e. The minimum atomic E-state index is -4.72. The van der Waals surface area contributed by atoms with Crippen molar-refractivity contribution in [1.82, 2.24) is 24.4 Å². The first-order valence-electron chi connectivity index (χ1n) is 9.79. The molecule has 1 amide bonds. The average Bonchev–Trinajstić information content (AvgIpc) is 3.20. The number of nitrogens with zero attached hydrogens (tertiary/aromatic N) is 5. The fraction of sp³-hybridized carbons (Fsp3) is 0.238. The van der Waals surface area contributed by atoms with Crippen molar-refractivity contribution in [2.45, 2.75) is 33.5 Å². The van der Waals surface area contributed by atoms with Crippen molar-refractivity contribution in [3.05, 3.63) is 73.4 Å². The minimum Gasteiger partial charge on any atom is -0.317 e. The third-order valence-electron chi connectivity index (χ3n) is 5.12. The average molecular weight is 532 g/mol. The molecule has 34 heavy (non-hydrogen) atoms. The van der Waals surface area contributed by atoms with Gasteiger partial charge in [-0.3, -0.25) is 9.48 Å². The van der Waals surface area contributed by atoms with E-state index in [9.17, 15) is 18.0 Å². The van der Waals surface area contributed by atoms with Gasteiger partial charge in [0.2, 0.25) is 0 Å². The lowest BCUT2D eigenvalue weighted by Crippen LogP contribution is -2.16. The van der Waals surface area contributed by atoms with Crippen molar-refractivity contribution < 1.29 is 18.0 Å². The summed E-state index contributed by atoms with van der Waals surface area (Å²) in [5.41, 5.74) is 0.571. The zero-order valence-corrected chi connectivity index (χ0v) is 20.2. The normalized spacial score (nSPS) is 11.9. The Morgan fingerprint density at radius 1 is 1.09 bits per heavy atom. The van der Waals surface area contributed by atoms with Crippen LogP contribution in [-0.2, 0) is 12.7 Å². The fourth-order valence-corrected chi connectivity index (χ4v) is 4.19. The van der Waals surface area contributed by atoms with Crippen LogP contribution in [0, 0.1) is 20.8 Å². The molecule has 0 saturated heterocycles. The Bertz CT molecular complexity index is 1440. The summed E-state index contributed by atoms with van der Waals surface area (Å²) in [6.45, 7) is 5.12. The molecule has 0 fully saturated rings. The van der Waals surface area contributed by atoms with Gasteiger partial charge in [0.1, 0.15) is 10.7 Å². The first-order valence-corrected chi connectivity index (χ1v) is 10.9. The van der Waals surface area contributed by atoms with E-state index in [2.05, 4.69) is 20.5 Å². The van der Waals surface area contributed by atoms with Crippen LogP contribution in [-0.4, -0.2) is 30.3 Å². The van der Waals surface area contributed by atoms with E-state index in [0.717, 1.165) is 11.6 Å². The number of alkyl halides is 3. The van der Waals surface area contributed by atoms with Crippen LogP contribution in [0.15, 0.2) is 24.3 Å². The van der Waals surface area contributed by atoms with Crippen LogP contribution in [0.4, 0.5) is 18.9 Å². The van der Waals surface area contributed by atoms with E-state index < -0.39 is 23.5 Å². The molecule has 0 radical (unpaired) electrons. The molecule has 0 aliphatic heterocycles. The summed E-state index contributed by atoms with van der Waals surface area (Å²) in [7, 11) is 0. The first-order chi connectivity index (χ1) is 15.9. The Morgan fingerprint density at radius 3 is 2.44 bits per heavy atom. The van der Waals surface area contributed by atoms with E-state index >= 15 is 0 Å². The zero-order valence-electron chi connectivity index (χ0n) is 17.9. The fourth-order valence-electron chi connectivity index (χ4n) is 3.48. The Kier molecular flexibility index (Phi) is 6.26. The Labute approximate surface area is 206 Å². The SMILES string of the molecule is Cc1cc(C(F)(F)F)n2nc(C(=O)Nc3c(C)nn(Cc4ccc(Cl)cc4Cl)c3C)c(Cl)c2n1. The molecule has 0 aliphatic carbocycles. The third kappa shape index (κ3) is 4.45. The second-order valence-electron chi connectivity index (χ2n) is 7.57. The monoisotopic (exact) mass is 530 g/mol. The molecule has 0 atom stereocenters. The number of nitrogens with one attached hydrogen (secondary N) is 1. The van der Waals surface area contributed by atoms with Gasteiger partial charge in [-0.2, -0.15) is 23.4 Å². The Hall–Kier alpha value is -2.82. The van der Waals surface area contributed by atoms with E-state index in [1.54, 1.807) is 36.7 Å². The van der Waals surface area contributed by atoms with Crippen molar-refractivity contribution in [2.24, 2.45) is 0 Å². The lowest BCUT2D eigenvalue weighted by atomic mass is 10.2. The highest BCUT2D eigenvalue weighted by atomic mass is 35.5. The highest BCUT2D eigenvalue weighted by Crippen LogP contribution is 2.33. The van der Waals surface area contributed by atoms with E-state index in [4.69, 9.17) is 34.8 Å². The molecule has 178 valence electrons. The van der Waals surface area contributed by atoms with E-state index in [0.29, 0.717) is 38.2 Å². The largest absolute Gasteiger partial charge is 0.433 e. The maximum atomic E-state index is 13.5. The van der Waals surface area contributed by atoms with Crippen molar-refractivity contribution in [3.8, 4) is 0 Å². The Balaban J connectivity index is 1.68. The predicted octanol–water partition coefficient (Wildman–Crippen LogP) is 6.13. The molecule has 7 nitrogen and oxygen atoms in total. The van der Waals surface area contributed by atoms with Gasteiger partial charge in [-0.05, 0) is 44.5 Å². The van der Waals surface area contributed by atoms with Crippen LogP contribution in [0.25, 0.3) is 5.65 Å². The van der Waals surface area contributed by atoms with Crippen LogP contribution in [0.5, 0.6) is 0 Å². The quantitative estimate of drug-likeness (QED) is 0.344. The molecule has 0 unspecified atom stereocenters. The lowest BCUT2D eigenvalue weighted by Gasteiger charge is -2.09. The number of aromatic nitrogens is 5. The molecule has 0 aliphatic rings. The van der Waals surface area contributed by atoms with Gasteiger partial charge in [0, 0.05) is 15.7 Å². The highest BCUT2D eigenvalue weighted by Gasteiger charge is 2.36. The van der Waals surface area contributed by atoms with Crippen molar-refractivity contribution in [3.63, 3.8) is 0 Å². The molecular formula is C21H16Cl3F3N6O. The predicted molar refractivity (Wildman–Crippen MR) is 123 cm³/mol. The second kappa shape index (κ2) is 8.75. The molecule has 0 spiro atoms. The summed E-state index contributed by atoms with van der Waals surface area (Å²) >= 11 is 18.4. The molecule has 4 rings (SSSR count). The van der Waals surface area contributed by atoms with Gasteiger partial charge in [-0.15, -0.1) is 0 Å². The van der Waals surface area contributed by atoms with Gasteiger partial charge < -0.3 is 5.32 Å². The van der Waals surface area contributed by atoms with E-state index in [1.807, 2.05) is 0 Å². The topological polar surface area (TPSA) is 77.1 Å². The zero-order chi connectivity index (χ0) is 24.9. The summed E-state index contributed by atoms with van der Waals surface area (Å²) in [6, 6.07) is 5.91. The molecule has 3 aromatic heterocycles. The number of carbonyl (C=O) groups is 1. The number of fused-ring (bicyclic) bond motifs is 1. The van der Waals surface area contributed by atoms with Crippen LogP contribution < -0.4 is 5.32 Å². The molecule has 1 N–H and O–H groups in total. The molecule has 13 heteroatoms. The second-order valence-corrected chi connectivity index (χ2v) is 8.79. The molecule has 0 bridgehead atoms. The molecule has 4 aromatic rings. The number of halogens is 6. The molecular weight excluding hydrogens is 516 g/mol. The van der Waals surface area contributed by atoms with Crippen molar-refractivity contribution in [2.75, 3.05) is 5.32 Å². The van der Waals surface area contributed by atoms with Gasteiger partial charge in [0.15, 0.2) is 11.3 Å². The summed E-state index contributed by atoms with van der Waals surface area (Å²) in [5.74, 6) is -0.795. The van der Waals surface area contributed by atoms with Crippen LogP contribution in [0.3, 0.4) is 0 Å². The molecule has 3 heterocycles. The number of rotatable bonds is 4. The highest BCUT2D eigenvalue weighted by molar-refractivity contribution is 6.37. The Morgan fingerprint density at radius 2 is 1.79 bits per heavy atom. The van der Waals surface area contributed by atoms with Gasteiger partial charge >= 0.3 is 6.18 Å². The minimum absolute atomic E-state index is 0.0856. The first kappa shape index (κ1) is 24.3. The molecule has 1 aromatic carbocycles. The van der Waals surface area contributed by atoms with Crippen LogP contribution in [0.1, 0.15) is 38.8 Å². The van der Waals surface area contributed by atoms with Crippen LogP contribution >= 0.6 is 34.8 Å². The lowest BCUT2D eigenvalue weighted by molar-refractivity contribution is -0.142. The third-order valence-corrected chi connectivity index (χ3v) is 6.06. The molecule has 0 saturated carbocycles. The number of hydrogen-bond acceptors (Lipinski definition) is 4. The van der Waals surface area contributed by atoms with E-state index in [1.165, 1.54) is 6.92 Å². The number of anilines is 1. The van der Waals surface area contributed by atoms with Crippen molar-refractivity contribution in [1.29, 1.82) is 0 Å². The van der Waals surface area contributed by atoms with Gasteiger partial charge in [-0.25, -0.2) is 9.50 Å². The van der Waals surface area contributed by atoms with Crippen LogP contribution in [0.2, 0.25) is 15.1 Å². The number of amides is 1. The summed E-state index contributed by atoms with van der Waals surface area (Å²) in [4.78, 5) is 17.0.